The molecule has 2 aromatic heterocycles. The van der Waals surface area contributed by atoms with Crippen LogP contribution in [-0.2, 0) is 23.7 Å². The Bertz CT molecular complexity index is 2890. The van der Waals surface area contributed by atoms with E-state index < -0.39 is 10.8 Å². The summed E-state index contributed by atoms with van der Waals surface area (Å²) in [6.07, 6.45) is 9.46. The first kappa shape index (κ1) is 43.2. The SMILES string of the molecule is Oc1ccc(C2(c3ccc(O)cc3)c3ccccc3-c3ccccc32)cc1.Oc1ccc(C2(c3ccc(O)cc3)c3ccccc3-c3ccccc32)cc1.c1cc(CCc2ccncc2)ccn1. The summed E-state index contributed by atoms with van der Waals surface area (Å²) in [4.78, 5) is 7.98. The number of rotatable bonds is 7. The van der Waals surface area contributed by atoms with E-state index in [4.69, 9.17) is 0 Å². The van der Waals surface area contributed by atoms with Gasteiger partial charge >= 0.3 is 0 Å². The summed E-state index contributed by atoms with van der Waals surface area (Å²) in [5.41, 5.74) is 15.7. The minimum Gasteiger partial charge on any atom is -0.508 e. The lowest BCUT2D eigenvalue weighted by molar-refractivity contribution is 0.473. The average Bonchev–Trinajstić information content (AvgIpc) is 3.86. The molecule has 0 bridgehead atoms. The average molecular weight is 885 g/mol. The second kappa shape index (κ2) is 18.6. The lowest BCUT2D eigenvalue weighted by Gasteiger charge is -2.33. The van der Waals surface area contributed by atoms with Crippen molar-refractivity contribution in [3.8, 4) is 45.3 Å². The molecule has 6 nitrogen and oxygen atoms in total. The van der Waals surface area contributed by atoms with Gasteiger partial charge in [-0.25, -0.2) is 0 Å². The Morgan fingerprint density at radius 1 is 0.265 bits per heavy atom. The molecular formula is C62H48N2O4. The number of aryl methyl sites for hydroxylation is 2. The molecule has 12 rings (SSSR count). The number of pyridine rings is 2. The van der Waals surface area contributed by atoms with Crippen LogP contribution < -0.4 is 0 Å². The van der Waals surface area contributed by atoms with E-state index in [0.29, 0.717) is 0 Å². The summed E-state index contributed by atoms with van der Waals surface area (Å²) in [6.45, 7) is 0. The fourth-order valence-corrected chi connectivity index (χ4v) is 10.3. The molecule has 68 heavy (non-hydrogen) atoms. The van der Waals surface area contributed by atoms with E-state index in [1.54, 1.807) is 48.5 Å². The first-order chi connectivity index (χ1) is 33.4. The van der Waals surface area contributed by atoms with E-state index in [-0.39, 0.29) is 23.0 Å². The third kappa shape index (κ3) is 7.82. The molecule has 0 aliphatic heterocycles. The fraction of sp³-hybridized carbons (Fsp3) is 0.0645. The Balaban J connectivity index is 0.000000125. The van der Waals surface area contributed by atoms with Crippen molar-refractivity contribution in [2.75, 3.05) is 0 Å². The fourth-order valence-electron chi connectivity index (χ4n) is 10.3. The summed E-state index contributed by atoms with van der Waals surface area (Å²) in [5, 5.41) is 39.4. The van der Waals surface area contributed by atoms with E-state index in [1.807, 2.05) is 73.3 Å². The maximum Gasteiger partial charge on any atom is 0.115 e. The Labute approximate surface area is 396 Å². The highest BCUT2D eigenvalue weighted by molar-refractivity contribution is 5.87. The van der Waals surface area contributed by atoms with Crippen LogP contribution in [-0.4, -0.2) is 30.4 Å². The van der Waals surface area contributed by atoms with Crippen LogP contribution in [0.4, 0.5) is 0 Å². The maximum atomic E-state index is 9.85. The molecule has 0 radical (unpaired) electrons. The summed E-state index contributed by atoms with van der Waals surface area (Å²) in [6, 6.07) is 71.9. The lowest BCUT2D eigenvalue weighted by atomic mass is 9.68. The van der Waals surface area contributed by atoms with Crippen LogP contribution in [0.1, 0.15) is 55.6 Å². The minimum absolute atomic E-state index is 0.249. The van der Waals surface area contributed by atoms with E-state index in [1.165, 1.54) is 55.6 Å². The van der Waals surface area contributed by atoms with Gasteiger partial charge in [0.05, 0.1) is 10.8 Å². The summed E-state index contributed by atoms with van der Waals surface area (Å²) < 4.78 is 0. The predicted molar refractivity (Wildman–Crippen MR) is 270 cm³/mol. The third-order valence-electron chi connectivity index (χ3n) is 13.3. The number of phenols is 4. The van der Waals surface area contributed by atoms with E-state index in [2.05, 4.69) is 131 Å². The zero-order valence-corrected chi connectivity index (χ0v) is 37.2. The third-order valence-corrected chi connectivity index (χ3v) is 13.3. The largest absolute Gasteiger partial charge is 0.508 e. The number of benzene rings is 8. The molecule has 2 aliphatic carbocycles. The van der Waals surface area contributed by atoms with Crippen molar-refractivity contribution >= 4 is 0 Å². The molecule has 0 spiro atoms. The van der Waals surface area contributed by atoms with Crippen molar-refractivity contribution in [2.24, 2.45) is 0 Å². The number of aromatic nitrogens is 2. The maximum absolute atomic E-state index is 9.85. The monoisotopic (exact) mass is 884 g/mol. The van der Waals surface area contributed by atoms with Crippen LogP contribution in [0.25, 0.3) is 22.3 Å². The lowest BCUT2D eigenvalue weighted by Crippen LogP contribution is -2.28. The van der Waals surface area contributed by atoms with E-state index in [0.717, 1.165) is 35.1 Å². The number of hydrogen-bond acceptors (Lipinski definition) is 6. The van der Waals surface area contributed by atoms with Crippen LogP contribution in [0.5, 0.6) is 23.0 Å². The molecule has 0 fully saturated rings. The second-order valence-electron chi connectivity index (χ2n) is 17.1. The predicted octanol–water partition coefficient (Wildman–Crippen LogP) is 13.2. The molecule has 2 heterocycles. The normalized spacial score (nSPS) is 13.0. The van der Waals surface area contributed by atoms with Crippen LogP contribution in [0.15, 0.2) is 243 Å². The molecule has 10 aromatic rings. The van der Waals surface area contributed by atoms with Crippen molar-refractivity contribution in [2.45, 2.75) is 23.7 Å². The zero-order valence-electron chi connectivity index (χ0n) is 37.2. The topological polar surface area (TPSA) is 107 Å². The highest BCUT2D eigenvalue weighted by atomic mass is 16.3. The van der Waals surface area contributed by atoms with E-state index in [9.17, 15) is 20.4 Å². The molecule has 0 amide bonds. The Kier molecular flexibility index (Phi) is 11.8. The van der Waals surface area contributed by atoms with Crippen molar-refractivity contribution in [1.82, 2.24) is 9.97 Å². The second-order valence-corrected chi connectivity index (χ2v) is 17.1. The molecule has 2 aliphatic rings. The van der Waals surface area contributed by atoms with Gasteiger partial charge in [0.2, 0.25) is 0 Å². The smallest absolute Gasteiger partial charge is 0.115 e. The standard InChI is InChI=1S/2C25H18O2.C12H12N2/c2*26-19-13-9-17(10-14-19)25(18-11-15-20(27)16-12-18)23-7-3-1-5-21(23)22-6-2-4-8-24(22)25;1(11-3-7-13-8-4-11)2-12-5-9-14-10-6-12/h2*1-16,26-27H;3-10H,1-2H2. The first-order valence-electron chi connectivity index (χ1n) is 22.7. The molecule has 0 atom stereocenters. The van der Waals surface area contributed by atoms with Crippen LogP contribution in [0.3, 0.4) is 0 Å². The van der Waals surface area contributed by atoms with E-state index >= 15 is 0 Å². The minimum atomic E-state index is -0.491. The molecule has 0 unspecified atom stereocenters. The zero-order chi connectivity index (χ0) is 46.5. The van der Waals surface area contributed by atoms with Gasteiger partial charge in [-0.05, 0) is 164 Å². The first-order valence-corrected chi connectivity index (χ1v) is 22.7. The van der Waals surface area contributed by atoms with Gasteiger partial charge < -0.3 is 20.4 Å². The molecule has 0 saturated heterocycles. The highest BCUT2D eigenvalue weighted by Gasteiger charge is 2.47. The molecular weight excluding hydrogens is 837 g/mol. The van der Waals surface area contributed by atoms with Gasteiger partial charge in [0.1, 0.15) is 23.0 Å². The number of nitrogens with zero attached hydrogens (tertiary/aromatic N) is 2. The Morgan fingerprint density at radius 3 is 0.721 bits per heavy atom. The molecule has 6 heteroatoms. The van der Waals surface area contributed by atoms with Gasteiger partial charge in [0.25, 0.3) is 0 Å². The molecule has 4 N–H and O–H groups in total. The van der Waals surface area contributed by atoms with Crippen LogP contribution >= 0.6 is 0 Å². The van der Waals surface area contributed by atoms with Gasteiger partial charge in [-0.3, -0.25) is 9.97 Å². The summed E-state index contributed by atoms with van der Waals surface area (Å²) in [7, 11) is 0. The van der Waals surface area contributed by atoms with Gasteiger partial charge in [-0.2, -0.15) is 0 Å². The van der Waals surface area contributed by atoms with Gasteiger partial charge in [0, 0.05) is 24.8 Å². The van der Waals surface area contributed by atoms with Gasteiger partial charge in [-0.1, -0.05) is 146 Å². The molecule has 0 saturated carbocycles. The van der Waals surface area contributed by atoms with Gasteiger partial charge in [0.15, 0.2) is 0 Å². The van der Waals surface area contributed by atoms with Crippen LogP contribution in [0, 0.1) is 0 Å². The number of phenolic OH excluding ortho intramolecular Hbond substituents is 4. The van der Waals surface area contributed by atoms with Crippen molar-refractivity contribution < 1.29 is 20.4 Å². The number of hydrogen-bond donors (Lipinski definition) is 4. The Hall–Kier alpha value is -8.74. The number of fused-ring (bicyclic) bond motifs is 6. The molecule has 8 aromatic carbocycles. The summed E-state index contributed by atoms with van der Waals surface area (Å²) in [5.74, 6) is 0.997. The Morgan fingerprint density at radius 2 is 0.485 bits per heavy atom. The highest BCUT2D eigenvalue weighted by Crippen LogP contribution is 2.57. The van der Waals surface area contributed by atoms with Crippen molar-refractivity contribution in [1.29, 1.82) is 0 Å². The number of aromatic hydroxyl groups is 4. The molecule has 330 valence electrons. The van der Waals surface area contributed by atoms with Crippen LogP contribution in [0.2, 0.25) is 0 Å². The van der Waals surface area contributed by atoms with Crippen molar-refractivity contribution in [3.63, 3.8) is 0 Å². The van der Waals surface area contributed by atoms with Gasteiger partial charge in [-0.15, -0.1) is 0 Å². The summed E-state index contributed by atoms with van der Waals surface area (Å²) >= 11 is 0. The van der Waals surface area contributed by atoms with Crippen molar-refractivity contribution in [3.05, 3.63) is 299 Å². The quantitative estimate of drug-likeness (QED) is 0.127.